The molecule has 0 saturated carbocycles. The molecule has 0 unspecified atom stereocenters. The maximum absolute atomic E-state index is 13.1. The first-order valence-corrected chi connectivity index (χ1v) is 6.06. The maximum atomic E-state index is 13.1. The molecule has 2 rings (SSSR count). The first kappa shape index (κ1) is 14.3. The second-order valence-corrected chi connectivity index (χ2v) is 4.53. The molecule has 6 heteroatoms. The molecule has 3 nitrogen and oxygen atoms in total. The highest BCUT2D eigenvalue weighted by Gasteiger charge is 2.09. The number of benzene rings is 2. The Labute approximate surface area is 119 Å². The summed E-state index contributed by atoms with van der Waals surface area (Å²) in [4.78, 5) is 0. The number of halogens is 3. The highest BCUT2D eigenvalue weighted by molar-refractivity contribution is 6.30. The lowest BCUT2D eigenvalue weighted by molar-refractivity contribution is 0.304. The molecule has 0 atom stereocenters. The number of nitrogens with one attached hydrogen (secondary N) is 1. The lowest BCUT2D eigenvalue weighted by Crippen LogP contribution is -2.13. The molecule has 0 spiro atoms. The van der Waals surface area contributed by atoms with Crippen molar-refractivity contribution in [2.45, 2.75) is 6.61 Å². The van der Waals surface area contributed by atoms with Gasteiger partial charge in [-0.3, -0.25) is 5.41 Å². The van der Waals surface area contributed by atoms with Crippen LogP contribution in [0.25, 0.3) is 0 Å². The van der Waals surface area contributed by atoms with E-state index in [1.165, 1.54) is 12.1 Å². The summed E-state index contributed by atoms with van der Waals surface area (Å²) < 4.78 is 31.3. The highest BCUT2D eigenvalue weighted by Crippen LogP contribution is 2.24. The van der Waals surface area contributed by atoms with Crippen molar-refractivity contribution in [1.82, 2.24) is 0 Å². The van der Waals surface area contributed by atoms with Gasteiger partial charge in [-0.25, -0.2) is 8.78 Å². The van der Waals surface area contributed by atoms with Crippen LogP contribution in [0.3, 0.4) is 0 Å². The van der Waals surface area contributed by atoms with Gasteiger partial charge >= 0.3 is 0 Å². The van der Waals surface area contributed by atoms with E-state index in [0.717, 1.165) is 12.1 Å². The van der Waals surface area contributed by atoms with Gasteiger partial charge in [0.25, 0.3) is 0 Å². The van der Waals surface area contributed by atoms with E-state index in [1.54, 1.807) is 12.1 Å². The van der Waals surface area contributed by atoms with Gasteiger partial charge in [0.05, 0.1) is 5.56 Å². The summed E-state index contributed by atoms with van der Waals surface area (Å²) >= 11 is 5.85. The van der Waals surface area contributed by atoms with Crippen LogP contribution in [0.5, 0.6) is 5.75 Å². The average Bonchev–Trinajstić information content (AvgIpc) is 2.40. The Bertz CT molecular complexity index is 662. The van der Waals surface area contributed by atoms with Crippen LogP contribution in [0.2, 0.25) is 5.02 Å². The SMILES string of the molecule is N=C(N)c1ccc(Cl)cc1OCc1ccc(F)c(F)c1. The van der Waals surface area contributed by atoms with Crippen LogP contribution >= 0.6 is 11.6 Å². The molecule has 0 radical (unpaired) electrons. The van der Waals surface area contributed by atoms with Crippen LogP contribution < -0.4 is 10.5 Å². The van der Waals surface area contributed by atoms with Crippen LogP contribution in [-0.4, -0.2) is 5.84 Å². The topological polar surface area (TPSA) is 59.1 Å². The molecule has 0 aliphatic rings. The van der Waals surface area contributed by atoms with Gasteiger partial charge in [0, 0.05) is 5.02 Å². The van der Waals surface area contributed by atoms with Gasteiger partial charge in [0.1, 0.15) is 18.2 Å². The molecule has 0 bridgehead atoms. The van der Waals surface area contributed by atoms with Gasteiger partial charge in [-0.1, -0.05) is 17.7 Å². The normalized spacial score (nSPS) is 10.3. The minimum atomic E-state index is -0.941. The Hall–Kier alpha value is -2.14. The summed E-state index contributed by atoms with van der Waals surface area (Å²) in [5.74, 6) is -1.71. The number of ether oxygens (including phenoxy) is 1. The fourth-order valence-corrected chi connectivity index (χ4v) is 1.79. The van der Waals surface area contributed by atoms with Gasteiger partial charge in [0.2, 0.25) is 0 Å². The largest absolute Gasteiger partial charge is 0.488 e. The third kappa shape index (κ3) is 3.24. The Morgan fingerprint density at radius 3 is 2.55 bits per heavy atom. The molecule has 3 N–H and O–H groups in total. The fraction of sp³-hybridized carbons (Fsp3) is 0.0714. The summed E-state index contributed by atoms with van der Waals surface area (Å²) in [5, 5.41) is 7.86. The minimum absolute atomic E-state index is 0.0117. The first-order valence-electron chi connectivity index (χ1n) is 5.68. The minimum Gasteiger partial charge on any atom is -0.488 e. The molecular weight excluding hydrogens is 286 g/mol. The van der Waals surface area contributed by atoms with Gasteiger partial charge in [0.15, 0.2) is 11.6 Å². The van der Waals surface area contributed by atoms with E-state index in [1.807, 2.05) is 0 Å². The van der Waals surface area contributed by atoms with Crippen LogP contribution in [0.1, 0.15) is 11.1 Å². The van der Waals surface area contributed by atoms with E-state index in [0.29, 0.717) is 21.9 Å². The average molecular weight is 297 g/mol. The van der Waals surface area contributed by atoms with E-state index < -0.39 is 11.6 Å². The zero-order chi connectivity index (χ0) is 14.7. The predicted octanol–water partition coefficient (Wildman–Crippen LogP) is 3.48. The third-order valence-corrected chi connectivity index (χ3v) is 2.85. The van der Waals surface area contributed by atoms with Crippen molar-refractivity contribution >= 4 is 17.4 Å². The van der Waals surface area contributed by atoms with E-state index in [4.69, 9.17) is 27.5 Å². The van der Waals surface area contributed by atoms with E-state index in [2.05, 4.69) is 0 Å². The smallest absolute Gasteiger partial charge is 0.159 e. The molecule has 0 saturated heterocycles. The number of rotatable bonds is 4. The van der Waals surface area contributed by atoms with Gasteiger partial charge in [-0.2, -0.15) is 0 Å². The van der Waals surface area contributed by atoms with Crippen molar-refractivity contribution in [3.63, 3.8) is 0 Å². The van der Waals surface area contributed by atoms with Gasteiger partial charge in [-0.15, -0.1) is 0 Å². The lowest BCUT2D eigenvalue weighted by Gasteiger charge is -2.11. The van der Waals surface area contributed by atoms with Gasteiger partial charge in [-0.05, 0) is 35.9 Å². The summed E-state index contributed by atoms with van der Waals surface area (Å²) in [5.41, 5.74) is 6.27. The fourth-order valence-electron chi connectivity index (χ4n) is 1.63. The monoisotopic (exact) mass is 296 g/mol. The summed E-state index contributed by atoms with van der Waals surface area (Å²) in [6, 6.07) is 8.15. The van der Waals surface area contributed by atoms with Crippen molar-refractivity contribution in [1.29, 1.82) is 5.41 Å². The summed E-state index contributed by atoms with van der Waals surface area (Å²) in [6.45, 7) is 0.0117. The zero-order valence-electron chi connectivity index (χ0n) is 10.3. The Kier molecular flexibility index (Phi) is 4.20. The van der Waals surface area contributed by atoms with Crippen LogP contribution in [0.15, 0.2) is 36.4 Å². The van der Waals surface area contributed by atoms with Gasteiger partial charge < -0.3 is 10.5 Å². The number of hydrogen-bond donors (Lipinski definition) is 2. The number of hydrogen-bond acceptors (Lipinski definition) is 2. The zero-order valence-corrected chi connectivity index (χ0v) is 11.0. The maximum Gasteiger partial charge on any atom is 0.159 e. The van der Waals surface area contributed by atoms with Crippen molar-refractivity contribution in [3.8, 4) is 5.75 Å². The quantitative estimate of drug-likeness (QED) is 0.670. The molecule has 0 fully saturated rings. The number of nitrogen functional groups attached to an aromatic ring is 1. The molecule has 0 aliphatic heterocycles. The third-order valence-electron chi connectivity index (χ3n) is 2.61. The van der Waals surface area contributed by atoms with Crippen LogP contribution in [0, 0.1) is 17.0 Å². The lowest BCUT2D eigenvalue weighted by atomic mass is 10.2. The Balaban J connectivity index is 2.20. The van der Waals surface area contributed by atoms with Crippen molar-refractivity contribution in [2.75, 3.05) is 0 Å². The van der Waals surface area contributed by atoms with E-state index >= 15 is 0 Å². The molecule has 0 amide bonds. The van der Waals surface area contributed by atoms with Crippen molar-refractivity contribution in [3.05, 3.63) is 64.2 Å². The second-order valence-electron chi connectivity index (χ2n) is 4.09. The van der Waals surface area contributed by atoms with Crippen LogP contribution in [-0.2, 0) is 6.61 Å². The first-order chi connectivity index (χ1) is 9.47. The number of nitrogens with two attached hydrogens (primary N) is 1. The van der Waals surface area contributed by atoms with Crippen LogP contribution in [0.4, 0.5) is 8.78 Å². The van der Waals surface area contributed by atoms with E-state index in [-0.39, 0.29) is 12.4 Å². The summed E-state index contributed by atoms with van der Waals surface area (Å²) in [6.07, 6.45) is 0. The predicted molar refractivity (Wildman–Crippen MR) is 73.2 cm³/mol. The Morgan fingerprint density at radius 2 is 1.90 bits per heavy atom. The molecule has 104 valence electrons. The number of amidine groups is 1. The standard InChI is InChI=1S/C14H11ClF2N2O/c15-9-2-3-10(14(18)19)13(6-9)20-7-8-1-4-11(16)12(17)5-8/h1-6H,7H2,(H3,18,19). The summed E-state index contributed by atoms with van der Waals surface area (Å²) in [7, 11) is 0. The molecule has 0 aromatic heterocycles. The van der Waals surface area contributed by atoms with Crippen molar-refractivity contribution < 1.29 is 13.5 Å². The molecular formula is C14H11ClF2N2O. The van der Waals surface area contributed by atoms with E-state index in [9.17, 15) is 8.78 Å². The molecule has 2 aromatic carbocycles. The molecule has 0 aliphatic carbocycles. The molecule has 2 aromatic rings. The molecule has 0 heterocycles. The van der Waals surface area contributed by atoms with Crippen molar-refractivity contribution in [2.24, 2.45) is 5.73 Å². The Morgan fingerprint density at radius 1 is 1.15 bits per heavy atom. The second kappa shape index (κ2) is 5.88. The highest BCUT2D eigenvalue weighted by atomic mass is 35.5. The molecule has 20 heavy (non-hydrogen) atoms.